The number of unbranched alkanes of at least 4 members (excludes halogenated alkanes) is 2. The van der Waals surface area contributed by atoms with Crippen molar-refractivity contribution in [2.75, 3.05) is 19.8 Å². The van der Waals surface area contributed by atoms with Crippen molar-refractivity contribution in [2.24, 2.45) is 0 Å². The van der Waals surface area contributed by atoms with Gasteiger partial charge in [0.1, 0.15) is 18.1 Å². The molecule has 0 saturated heterocycles. The molecule has 1 amide bonds. The van der Waals surface area contributed by atoms with Gasteiger partial charge in [0, 0.05) is 13.2 Å². The zero-order valence-corrected chi connectivity index (χ0v) is 25.1. The van der Waals surface area contributed by atoms with Crippen molar-refractivity contribution in [1.82, 2.24) is 5.32 Å². The normalized spacial score (nSPS) is 12.4. The summed E-state index contributed by atoms with van der Waals surface area (Å²) >= 11 is 0. The van der Waals surface area contributed by atoms with E-state index in [2.05, 4.69) is 35.6 Å². The number of hydrogen-bond acceptors (Lipinski definition) is 6. The van der Waals surface area contributed by atoms with Crippen LogP contribution in [-0.4, -0.2) is 60.0 Å². The molecule has 0 aliphatic carbocycles. The molecule has 9 nitrogen and oxygen atoms in total. The summed E-state index contributed by atoms with van der Waals surface area (Å²) < 4.78 is 16.7. The van der Waals surface area contributed by atoms with Crippen LogP contribution in [0, 0.1) is 0 Å². The molecule has 0 saturated carbocycles. The number of nitrogens with one attached hydrogen (secondary N) is 1. The van der Waals surface area contributed by atoms with Gasteiger partial charge in [0.2, 0.25) is 0 Å². The highest BCUT2D eigenvalue weighted by Gasteiger charge is 2.36. The Bertz CT molecular complexity index is 1540. The lowest BCUT2D eigenvalue weighted by Crippen LogP contribution is -2.49. The number of carbonyl (C=O) groups is 3. The highest BCUT2D eigenvalue weighted by atomic mass is 16.6. The maximum absolute atomic E-state index is 13.1. The molecule has 0 aliphatic rings. The van der Waals surface area contributed by atoms with Gasteiger partial charge in [-0.3, -0.25) is 4.79 Å². The van der Waals surface area contributed by atoms with Crippen LogP contribution >= 0.6 is 0 Å². The van der Waals surface area contributed by atoms with Crippen LogP contribution in [0.15, 0.2) is 97.1 Å². The van der Waals surface area contributed by atoms with Gasteiger partial charge in [-0.15, -0.1) is 0 Å². The Morgan fingerprint density at radius 2 is 1.36 bits per heavy atom. The third-order valence-electron chi connectivity index (χ3n) is 7.20. The number of fused-ring (bicyclic) bond motifs is 1. The van der Waals surface area contributed by atoms with E-state index < -0.39 is 36.7 Å². The summed E-state index contributed by atoms with van der Waals surface area (Å²) in [5.41, 5.74) is 2.25. The molecule has 3 N–H and O–H groups in total. The molecule has 236 valence electrons. The predicted molar refractivity (Wildman–Crippen MR) is 171 cm³/mol. The largest absolute Gasteiger partial charge is 0.480 e. The SMILES string of the molecule is O=C(O)COC(C(=O)O)C(OCCCCCc1ccc2ccccc2c1)C(=O)NCCCc1cccc(Oc2ccccc2)c1. The first-order valence-electron chi connectivity index (χ1n) is 15.1. The molecule has 2 unspecified atom stereocenters. The summed E-state index contributed by atoms with van der Waals surface area (Å²) in [7, 11) is 0. The van der Waals surface area contributed by atoms with Crippen LogP contribution in [0.3, 0.4) is 0 Å². The molecule has 4 aromatic carbocycles. The average molecular weight is 614 g/mol. The Labute approximate surface area is 262 Å². The molecule has 0 spiro atoms. The first-order valence-corrected chi connectivity index (χ1v) is 15.1. The minimum atomic E-state index is -1.76. The second kappa shape index (κ2) is 17.5. The molecule has 0 bridgehead atoms. The van der Waals surface area contributed by atoms with Gasteiger partial charge in [0.15, 0.2) is 12.2 Å². The number of carboxylic acid groups (broad SMARTS) is 2. The van der Waals surface area contributed by atoms with Crippen molar-refractivity contribution >= 4 is 28.6 Å². The molecule has 0 fully saturated rings. The second-order valence-electron chi connectivity index (χ2n) is 10.7. The van der Waals surface area contributed by atoms with Crippen LogP contribution in [0.4, 0.5) is 0 Å². The third kappa shape index (κ3) is 11.0. The van der Waals surface area contributed by atoms with Crippen LogP contribution in [0.5, 0.6) is 11.5 Å². The fourth-order valence-electron chi connectivity index (χ4n) is 4.96. The lowest BCUT2D eigenvalue weighted by molar-refractivity contribution is -0.172. The van der Waals surface area contributed by atoms with Gasteiger partial charge in [0.25, 0.3) is 5.91 Å². The van der Waals surface area contributed by atoms with Crippen molar-refractivity contribution in [3.63, 3.8) is 0 Å². The number of aliphatic carboxylic acids is 2. The van der Waals surface area contributed by atoms with Crippen LogP contribution in [0.2, 0.25) is 0 Å². The van der Waals surface area contributed by atoms with Crippen molar-refractivity contribution in [1.29, 1.82) is 0 Å². The minimum Gasteiger partial charge on any atom is -0.480 e. The fourth-order valence-corrected chi connectivity index (χ4v) is 4.96. The van der Waals surface area contributed by atoms with E-state index in [0.29, 0.717) is 25.0 Å². The molecule has 4 rings (SSSR count). The summed E-state index contributed by atoms with van der Waals surface area (Å²) in [6.07, 6.45) is 1.16. The van der Waals surface area contributed by atoms with E-state index in [9.17, 15) is 19.5 Å². The number of carboxylic acids is 2. The molecule has 0 aliphatic heterocycles. The zero-order chi connectivity index (χ0) is 31.9. The lowest BCUT2D eigenvalue weighted by Gasteiger charge is -2.23. The first kappa shape index (κ1) is 33.2. The van der Waals surface area contributed by atoms with Gasteiger partial charge >= 0.3 is 11.9 Å². The van der Waals surface area contributed by atoms with E-state index >= 15 is 0 Å². The number of benzene rings is 4. The van der Waals surface area contributed by atoms with Crippen molar-refractivity contribution in [2.45, 2.75) is 50.7 Å². The Kier molecular flexibility index (Phi) is 12.9. The van der Waals surface area contributed by atoms with E-state index in [1.54, 1.807) is 0 Å². The van der Waals surface area contributed by atoms with E-state index in [1.165, 1.54) is 16.3 Å². The van der Waals surface area contributed by atoms with Crippen LogP contribution < -0.4 is 10.1 Å². The molecule has 45 heavy (non-hydrogen) atoms. The topological polar surface area (TPSA) is 131 Å². The number of amides is 1. The van der Waals surface area contributed by atoms with E-state index in [4.69, 9.17) is 19.3 Å². The summed E-state index contributed by atoms with van der Waals surface area (Å²) in [6.45, 7) is -0.471. The predicted octanol–water partition coefficient (Wildman–Crippen LogP) is 6.03. The molecule has 0 aromatic heterocycles. The van der Waals surface area contributed by atoms with E-state index in [-0.39, 0.29) is 13.2 Å². The number of ether oxygens (including phenoxy) is 3. The Balaban J connectivity index is 1.25. The molecular formula is C36H39NO8. The molecular weight excluding hydrogens is 574 g/mol. The fraction of sp³-hybridized carbons (Fsp3) is 0.306. The van der Waals surface area contributed by atoms with Crippen molar-refractivity contribution in [3.8, 4) is 11.5 Å². The van der Waals surface area contributed by atoms with Gasteiger partial charge in [-0.2, -0.15) is 0 Å². The highest BCUT2D eigenvalue weighted by Crippen LogP contribution is 2.22. The number of aryl methyl sites for hydroxylation is 2. The minimum absolute atomic E-state index is 0.129. The van der Waals surface area contributed by atoms with Crippen molar-refractivity contribution < 1.29 is 38.8 Å². The van der Waals surface area contributed by atoms with Crippen LogP contribution in [0.25, 0.3) is 10.8 Å². The highest BCUT2D eigenvalue weighted by molar-refractivity contribution is 5.88. The summed E-state index contributed by atoms with van der Waals surface area (Å²) in [6, 6.07) is 31.7. The monoisotopic (exact) mass is 613 g/mol. The number of carbonyl (C=O) groups excluding carboxylic acids is 1. The van der Waals surface area contributed by atoms with Gasteiger partial charge in [-0.1, -0.05) is 79.2 Å². The van der Waals surface area contributed by atoms with Crippen LogP contribution in [0.1, 0.15) is 36.8 Å². The first-order chi connectivity index (χ1) is 21.9. The smallest absolute Gasteiger partial charge is 0.336 e. The molecule has 4 aromatic rings. The number of rotatable bonds is 19. The zero-order valence-electron chi connectivity index (χ0n) is 25.1. The third-order valence-corrected chi connectivity index (χ3v) is 7.20. The molecule has 0 radical (unpaired) electrons. The van der Waals surface area contributed by atoms with Gasteiger partial charge in [-0.25, -0.2) is 9.59 Å². The molecule has 0 heterocycles. The second-order valence-corrected chi connectivity index (χ2v) is 10.7. The summed E-state index contributed by atoms with van der Waals surface area (Å²) in [5.74, 6) is -2.04. The Morgan fingerprint density at radius 1 is 0.644 bits per heavy atom. The lowest BCUT2D eigenvalue weighted by atomic mass is 10.0. The van der Waals surface area contributed by atoms with Gasteiger partial charge in [0.05, 0.1) is 0 Å². The number of para-hydroxylation sites is 1. The summed E-state index contributed by atoms with van der Waals surface area (Å²) in [4.78, 5) is 36.0. The van der Waals surface area contributed by atoms with E-state index in [0.717, 1.165) is 30.6 Å². The molecule has 2 atom stereocenters. The van der Waals surface area contributed by atoms with Gasteiger partial charge in [-0.05, 0) is 78.3 Å². The quantitative estimate of drug-likeness (QED) is 0.109. The Hall–Kier alpha value is -4.73. The maximum atomic E-state index is 13.1. The average Bonchev–Trinajstić information content (AvgIpc) is 3.04. The number of hydrogen-bond donors (Lipinski definition) is 3. The standard InChI is InChI=1S/C36H39NO8/c38-32(39)25-44-34(36(41)42)33(43-22-8-2-3-11-27-19-20-28-14-6-7-15-29(28)23-27)35(40)37-21-10-13-26-12-9-18-31(24-26)45-30-16-4-1-5-17-30/h1,4-7,9,12,14-20,23-24,33-34H,2-3,8,10-11,13,21-22,25H2,(H,37,40)(H,38,39)(H,41,42). The Morgan fingerprint density at radius 3 is 2.13 bits per heavy atom. The van der Waals surface area contributed by atoms with Crippen molar-refractivity contribution in [3.05, 3.63) is 108 Å². The molecule has 9 heteroatoms. The van der Waals surface area contributed by atoms with Crippen LogP contribution in [-0.2, 0) is 36.7 Å². The maximum Gasteiger partial charge on any atom is 0.336 e. The van der Waals surface area contributed by atoms with Gasteiger partial charge < -0.3 is 29.7 Å². The summed E-state index contributed by atoms with van der Waals surface area (Å²) in [5, 5.41) is 23.8. The van der Waals surface area contributed by atoms with E-state index in [1.807, 2.05) is 66.7 Å².